The molecular weight excluding hydrogens is 261 g/mol. The Hall–Kier alpha value is -2.39. The second kappa shape index (κ2) is 7.92. The number of carbonyl (C=O) groups excluding carboxylic acids is 2. The predicted molar refractivity (Wildman–Crippen MR) is 73.3 cm³/mol. The van der Waals surface area contributed by atoms with Crippen LogP contribution in [0.5, 0.6) is 0 Å². The van der Waals surface area contributed by atoms with Gasteiger partial charge >= 0.3 is 0 Å². The predicted octanol–water partition coefficient (Wildman–Crippen LogP) is 0.00180. The zero-order chi connectivity index (χ0) is 15.0. The molecule has 0 aromatic heterocycles. The number of hydrogen-bond acceptors (Lipinski definition) is 3. The molecule has 106 valence electrons. The van der Waals surface area contributed by atoms with Gasteiger partial charge in [-0.05, 0) is 25.1 Å². The van der Waals surface area contributed by atoms with E-state index >= 15 is 0 Å². The summed E-state index contributed by atoms with van der Waals surface area (Å²) in [5.41, 5.74) is 5.52. The zero-order valence-electron chi connectivity index (χ0n) is 11.1. The summed E-state index contributed by atoms with van der Waals surface area (Å²) in [7, 11) is 0. The first kappa shape index (κ1) is 15.7. The molecule has 1 rings (SSSR count). The number of benzene rings is 1. The van der Waals surface area contributed by atoms with Crippen molar-refractivity contribution in [1.82, 2.24) is 10.6 Å². The summed E-state index contributed by atoms with van der Waals surface area (Å²) in [6, 6.07) is 4.00. The van der Waals surface area contributed by atoms with Crippen LogP contribution in [-0.2, 0) is 4.79 Å². The first-order valence-electron chi connectivity index (χ1n) is 6.11. The second-order valence-corrected chi connectivity index (χ2v) is 3.84. The van der Waals surface area contributed by atoms with Gasteiger partial charge in [-0.15, -0.1) is 0 Å². The van der Waals surface area contributed by atoms with Crippen LogP contribution in [0.2, 0.25) is 0 Å². The van der Waals surface area contributed by atoms with E-state index in [2.05, 4.69) is 22.5 Å². The Balaban J connectivity index is 2.71. The molecule has 5 nitrogen and oxygen atoms in total. The molecule has 0 fully saturated rings. The first-order chi connectivity index (χ1) is 9.58. The maximum Gasteiger partial charge on any atom is 0.254 e. The van der Waals surface area contributed by atoms with Crippen molar-refractivity contribution >= 4 is 11.8 Å². The Labute approximate surface area is 116 Å². The molecule has 0 spiro atoms. The maximum absolute atomic E-state index is 13.7. The number of hydrogen-bond donors (Lipinski definition) is 3. The van der Waals surface area contributed by atoms with E-state index in [1.165, 1.54) is 12.1 Å². The third-order valence-corrected chi connectivity index (χ3v) is 2.33. The lowest BCUT2D eigenvalue weighted by atomic mass is 10.1. The number of nitrogens with one attached hydrogen (secondary N) is 2. The molecule has 1 aromatic rings. The third kappa shape index (κ3) is 4.71. The summed E-state index contributed by atoms with van der Waals surface area (Å²) in [5, 5.41) is 4.86. The van der Waals surface area contributed by atoms with Crippen LogP contribution in [0.3, 0.4) is 0 Å². The number of carbonyl (C=O) groups is 2. The van der Waals surface area contributed by atoms with E-state index in [-0.39, 0.29) is 24.6 Å². The van der Waals surface area contributed by atoms with Gasteiger partial charge in [0, 0.05) is 12.1 Å². The quantitative estimate of drug-likeness (QED) is 0.677. The van der Waals surface area contributed by atoms with Gasteiger partial charge in [-0.3, -0.25) is 9.59 Å². The largest absolute Gasteiger partial charge is 0.355 e. The van der Waals surface area contributed by atoms with Crippen LogP contribution in [0.4, 0.5) is 4.39 Å². The van der Waals surface area contributed by atoms with E-state index in [0.29, 0.717) is 12.1 Å². The molecule has 0 aliphatic carbocycles. The number of halogens is 1. The Morgan fingerprint density at radius 2 is 2.10 bits per heavy atom. The number of likely N-dealkylation sites (N-methyl/N-ethyl adjacent to an activating group) is 1. The van der Waals surface area contributed by atoms with Crippen LogP contribution in [0.25, 0.3) is 0 Å². The third-order valence-electron chi connectivity index (χ3n) is 2.33. The average Bonchev–Trinajstić information content (AvgIpc) is 2.43. The van der Waals surface area contributed by atoms with Crippen LogP contribution in [0.1, 0.15) is 22.8 Å². The summed E-state index contributed by atoms with van der Waals surface area (Å²) in [4.78, 5) is 22.9. The van der Waals surface area contributed by atoms with E-state index in [4.69, 9.17) is 5.73 Å². The summed E-state index contributed by atoms with van der Waals surface area (Å²) >= 11 is 0. The topological polar surface area (TPSA) is 84.2 Å². The van der Waals surface area contributed by atoms with Crippen molar-refractivity contribution < 1.29 is 14.0 Å². The van der Waals surface area contributed by atoms with Crippen molar-refractivity contribution in [3.63, 3.8) is 0 Å². The fraction of sp³-hybridized carbons (Fsp3) is 0.286. The van der Waals surface area contributed by atoms with E-state index in [9.17, 15) is 14.0 Å². The standard InChI is InChI=1S/C14H16FN3O2/c1-2-17-13(19)9-18-14(20)11-6-5-10(4-3-7-16)8-12(11)15/h5-6,8H,2,7,9,16H2,1H3,(H,17,19)(H,18,20). The van der Waals surface area contributed by atoms with Gasteiger partial charge in [-0.2, -0.15) is 0 Å². The lowest BCUT2D eigenvalue weighted by Gasteiger charge is -2.06. The summed E-state index contributed by atoms with van der Waals surface area (Å²) < 4.78 is 13.7. The number of amides is 2. The molecule has 0 saturated carbocycles. The van der Waals surface area contributed by atoms with Gasteiger partial charge in [0.25, 0.3) is 5.91 Å². The Morgan fingerprint density at radius 1 is 1.35 bits per heavy atom. The number of nitrogens with two attached hydrogens (primary N) is 1. The molecule has 0 unspecified atom stereocenters. The van der Waals surface area contributed by atoms with Gasteiger partial charge in [0.05, 0.1) is 18.7 Å². The molecule has 4 N–H and O–H groups in total. The van der Waals surface area contributed by atoms with Gasteiger partial charge < -0.3 is 16.4 Å². The van der Waals surface area contributed by atoms with Crippen LogP contribution in [0, 0.1) is 17.7 Å². The Bertz CT molecular complexity index is 561. The van der Waals surface area contributed by atoms with Gasteiger partial charge in [-0.1, -0.05) is 11.8 Å². The first-order valence-corrected chi connectivity index (χ1v) is 6.11. The monoisotopic (exact) mass is 277 g/mol. The lowest BCUT2D eigenvalue weighted by molar-refractivity contribution is -0.120. The molecule has 0 atom stereocenters. The molecule has 0 aliphatic rings. The molecule has 20 heavy (non-hydrogen) atoms. The minimum Gasteiger partial charge on any atom is -0.355 e. The van der Waals surface area contributed by atoms with E-state index in [1.807, 2.05) is 0 Å². The van der Waals surface area contributed by atoms with Crippen LogP contribution in [0.15, 0.2) is 18.2 Å². The van der Waals surface area contributed by atoms with Gasteiger partial charge in [0.15, 0.2) is 0 Å². The minimum atomic E-state index is -0.692. The number of rotatable bonds is 4. The summed E-state index contributed by atoms with van der Waals surface area (Å²) in [6.45, 7) is 2.22. The minimum absolute atomic E-state index is 0.132. The highest BCUT2D eigenvalue weighted by atomic mass is 19.1. The fourth-order valence-electron chi connectivity index (χ4n) is 1.45. The van der Waals surface area contributed by atoms with Gasteiger partial charge in [0.1, 0.15) is 5.82 Å². The molecule has 0 bridgehead atoms. The van der Waals surface area contributed by atoms with E-state index < -0.39 is 11.7 Å². The maximum atomic E-state index is 13.7. The zero-order valence-corrected chi connectivity index (χ0v) is 11.1. The van der Waals surface area contributed by atoms with E-state index in [1.54, 1.807) is 6.92 Å². The van der Waals surface area contributed by atoms with Crippen LogP contribution < -0.4 is 16.4 Å². The van der Waals surface area contributed by atoms with Gasteiger partial charge in [-0.25, -0.2) is 4.39 Å². The highest BCUT2D eigenvalue weighted by molar-refractivity contribution is 5.96. The molecule has 6 heteroatoms. The molecular formula is C14H16FN3O2. The van der Waals surface area contributed by atoms with Crippen molar-refractivity contribution in [3.8, 4) is 11.8 Å². The lowest BCUT2D eigenvalue weighted by Crippen LogP contribution is -2.37. The van der Waals surface area contributed by atoms with Crippen molar-refractivity contribution in [2.45, 2.75) is 6.92 Å². The van der Waals surface area contributed by atoms with E-state index in [0.717, 1.165) is 6.07 Å². The molecule has 0 radical (unpaired) electrons. The van der Waals surface area contributed by atoms with Crippen molar-refractivity contribution in [1.29, 1.82) is 0 Å². The smallest absolute Gasteiger partial charge is 0.254 e. The molecule has 2 amide bonds. The molecule has 0 saturated heterocycles. The average molecular weight is 277 g/mol. The molecule has 1 aromatic carbocycles. The Kier molecular flexibility index (Phi) is 6.20. The highest BCUT2D eigenvalue weighted by Gasteiger charge is 2.12. The fourth-order valence-corrected chi connectivity index (χ4v) is 1.45. The van der Waals surface area contributed by atoms with Crippen molar-refractivity contribution in [2.75, 3.05) is 19.6 Å². The highest BCUT2D eigenvalue weighted by Crippen LogP contribution is 2.09. The van der Waals surface area contributed by atoms with Crippen LogP contribution in [-0.4, -0.2) is 31.4 Å². The van der Waals surface area contributed by atoms with Gasteiger partial charge in [0.2, 0.25) is 5.91 Å². The van der Waals surface area contributed by atoms with Crippen LogP contribution >= 0.6 is 0 Å². The Morgan fingerprint density at radius 3 is 2.70 bits per heavy atom. The van der Waals surface area contributed by atoms with Crippen molar-refractivity contribution in [3.05, 3.63) is 35.1 Å². The van der Waals surface area contributed by atoms with Crippen molar-refractivity contribution in [2.24, 2.45) is 5.73 Å². The molecule has 0 aliphatic heterocycles. The second-order valence-electron chi connectivity index (χ2n) is 3.84. The SMILES string of the molecule is CCNC(=O)CNC(=O)c1ccc(C#CCN)cc1F. The normalized spacial score (nSPS) is 9.35. The summed E-state index contributed by atoms with van der Waals surface area (Å²) in [5.74, 6) is 3.59. The molecule has 0 heterocycles. The summed E-state index contributed by atoms with van der Waals surface area (Å²) in [6.07, 6.45) is 0.